The van der Waals surface area contributed by atoms with Gasteiger partial charge in [0.2, 0.25) is 0 Å². The van der Waals surface area contributed by atoms with Crippen molar-refractivity contribution in [1.29, 1.82) is 0 Å². The SMILES string of the molecule is Fc1cccc(C2(Cc3ccc(Cl)c(F)c3)CNC2)c1. The van der Waals surface area contributed by atoms with Gasteiger partial charge in [-0.2, -0.15) is 0 Å². The quantitative estimate of drug-likeness (QED) is 0.910. The molecule has 1 fully saturated rings. The average molecular weight is 294 g/mol. The molecule has 1 N–H and O–H groups in total. The summed E-state index contributed by atoms with van der Waals surface area (Å²) in [6, 6.07) is 11.5. The molecule has 0 spiro atoms. The molecule has 104 valence electrons. The van der Waals surface area contributed by atoms with Gasteiger partial charge < -0.3 is 5.32 Å². The van der Waals surface area contributed by atoms with Crippen LogP contribution in [0, 0.1) is 11.6 Å². The third-order valence-electron chi connectivity index (χ3n) is 3.89. The van der Waals surface area contributed by atoms with Crippen molar-refractivity contribution in [2.24, 2.45) is 0 Å². The van der Waals surface area contributed by atoms with Gasteiger partial charge in [0, 0.05) is 18.5 Å². The number of hydrogen-bond donors (Lipinski definition) is 1. The summed E-state index contributed by atoms with van der Waals surface area (Å²) in [6.07, 6.45) is 0.664. The largest absolute Gasteiger partial charge is 0.315 e. The van der Waals surface area contributed by atoms with Gasteiger partial charge in [-0.15, -0.1) is 0 Å². The predicted octanol–water partition coefficient (Wildman–Crippen LogP) is 3.70. The lowest BCUT2D eigenvalue weighted by molar-refractivity contribution is 0.273. The van der Waals surface area contributed by atoms with Crippen LogP contribution in [0.25, 0.3) is 0 Å². The molecule has 0 aliphatic carbocycles. The van der Waals surface area contributed by atoms with Crippen molar-refractivity contribution in [2.75, 3.05) is 13.1 Å². The lowest BCUT2D eigenvalue weighted by Gasteiger charge is -2.43. The van der Waals surface area contributed by atoms with Crippen LogP contribution in [-0.4, -0.2) is 13.1 Å². The number of benzene rings is 2. The fourth-order valence-electron chi connectivity index (χ4n) is 2.72. The Balaban J connectivity index is 1.91. The third-order valence-corrected chi connectivity index (χ3v) is 4.20. The van der Waals surface area contributed by atoms with Gasteiger partial charge in [-0.1, -0.05) is 29.8 Å². The summed E-state index contributed by atoms with van der Waals surface area (Å²) in [4.78, 5) is 0. The van der Waals surface area contributed by atoms with Gasteiger partial charge in [-0.05, 0) is 41.8 Å². The molecule has 2 aromatic carbocycles. The summed E-state index contributed by atoms with van der Waals surface area (Å²) in [5.74, 6) is -0.651. The summed E-state index contributed by atoms with van der Waals surface area (Å²) in [5.41, 5.74) is 1.66. The standard InChI is InChI=1S/C16H14ClF2N/c17-14-5-4-11(6-15(14)19)8-16(9-20-10-16)12-2-1-3-13(18)7-12/h1-7,20H,8-10H2. The maximum atomic E-state index is 13.5. The van der Waals surface area contributed by atoms with E-state index in [9.17, 15) is 8.78 Å². The smallest absolute Gasteiger partial charge is 0.142 e. The Morgan fingerprint density at radius 1 is 1.10 bits per heavy atom. The monoisotopic (exact) mass is 293 g/mol. The second-order valence-electron chi connectivity index (χ2n) is 5.32. The normalized spacial score (nSPS) is 16.8. The fourth-order valence-corrected chi connectivity index (χ4v) is 2.83. The third kappa shape index (κ3) is 2.43. The molecule has 1 nitrogen and oxygen atoms in total. The maximum Gasteiger partial charge on any atom is 0.142 e. The molecule has 0 bridgehead atoms. The van der Waals surface area contributed by atoms with Gasteiger partial charge in [0.05, 0.1) is 5.02 Å². The van der Waals surface area contributed by atoms with Crippen molar-refractivity contribution in [1.82, 2.24) is 5.32 Å². The van der Waals surface area contributed by atoms with Gasteiger partial charge in [0.15, 0.2) is 0 Å². The van der Waals surface area contributed by atoms with Gasteiger partial charge in [0.25, 0.3) is 0 Å². The maximum absolute atomic E-state index is 13.5. The van der Waals surface area contributed by atoms with Crippen LogP contribution < -0.4 is 5.32 Å². The van der Waals surface area contributed by atoms with Gasteiger partial charge in [0.1, 0.15) is 11.6 Å². The van der Waals surface area contributed by atoms with E-state index in [4.69, 9.17) is 11.6 Å². The lowest BCUT2D eigenvalue weighted by Crippen LogP contribution is -2.58. The van der Waals surface area contributed by atoms with Crippen LogP contribution in [0.15, 0.2) is 42.5 Å². The number of nitrogens with one attached hydrogen (secondary N) is 1. The van der Waals surface area contributed by atoms with E-state index >= 15 is 0 Å². The molecule has 0 aromatic heterocycles. The summed E-state index contributed by atoms with van der Waals surface area (Å²) >= 11 is 5.70. The summed E-state index contributed by atoms with van der Waals surface area (Å²) < 4.78 is 27.0. The minimum absolute atomic E-state index is 0.125. The first-order valence-electron chi connectivity index (χ1n) is 6.50. The minimum Gasteiger partial charge on any atom is -0.315 e. The van der Waals surface area contributed by atoms with Crippen LogP contribution in [0.3, 0.4) is 0 Å². The van der Waals surface area contributed by atoms with Crippen LogP contribution in [0.1, 0.15) is 11.1 Å². The number of rotatable bonds is 3. The zero-order valence-electron chi connectivity index (χ0n) is 10.8. The molecule has 1 aliphatic rings. The van der Waals surface area contributed by atoms with Crippen LogP contribution in [-0.2, 0) is 11.8 Å². The molecule has 0 radical (unpaired) electrons. The zero-order valence-corrected chi connectivity index (χ0v) is 11.6. The van der Waals surface area contributed by atoms with Crippen LogP contribution in [0.5, 0.6) is 0 Å². The first-order chi connectivity index (χ1) is 9.59. The molecule has 20 heavy (non-hydrogen) atoms. The van der Waals surface area contributed by atoms with Crippen LogP contribution in [0.4, 0.5) is 8.78 Å². The molecule has 3 rings (SSSR count). The van der Waals surface area contributed by atoms with E-state index in [-0.39, 0.29) is 16.3 Å². The highest BCUT2D eigenvalue weighted by Gasteiger charge is 2.38. The number of halogens is 3. The second-order valence-corrected chi connectivity index (χ2v) is 5.73. The molecule has 0 amide bonds. The first kappa shape index (κ1) is 13.5. The van der Waals surface area contributed by atoms with E-state index < -0.39 is 5.82 Å². The molecular weight excluding hydrogens is 280 g/mol. The molecule has 1 aliphatic heterocycles. The Hall–Kier alpha value is -1.45. The van der Waals surface area contributed by atoms with Crippen molar-refractivity contribution >= 4 is 11.6 Å². The van der Waals surface area contributed by atoms with E-state index in [1.807, 2.05) is 12.1 Å². The first-order valence-corrected chi connectivity index (χ1v) is 6.88. The zero-order chi connectivity index (χ0) is 14.2. The van der Waals surface area contributed by atoms with E-state index in [2.05, 4.69) is 5.32 Å². The molecule has 0 unspecified atom stereocenters. The average Bonchev–Trinajstić information content (AvgIpc) is 2.38. The van der Waals surface area contributed by atoms with Crippen molar-refractivity contribution < 1.29 is 8.78 Å². The summed E-state index contributed by atoms with van der Waals surface area (Å²) in [7, 11) is 0. The Morgan fingerprint density at radius 3 is 2.50 bits per heavy atom. The van der Waals surface area contributed by atoms with E-state index in [0.29, 0.717) is 6.42 Å². The molecule has 1 heterocycles. The molecule has 1 saturated heterocycles. The van der Waals surface area contributed by atoms with Crippen molar-refractivity contribution in [2.45, 2.75) is 11.8 Å². The molecule has 4 heteroatoms. The van der Waals surface area contributed by atoms with Gasteiger partial charge in [-0.25, -0.2) is 8.78 Å². The Bertz CT molecular complexity index is 638. The topological polar surface area (TPSA) is 12.0 Å². The van der Waals surface area contributed by atoms with E-state index in [1.165, 1.54) is 12.1 Å². The molecule has 0 atom stereocenters. The fraction of sp³-hybridized carbons (Fsp3) is 0.250. The summed E-state index contributed by atoms with van der Waals surface area (Å²) in [6.45, 7) is 1.53. The minimum atomic E-state index is -0.411. The predicted molar refractivity (Wildman–Crippen MR) is 76.1 cm³/mol. The highest BCUT2D eigenvalue weighted by Crippen LogP contribution is 2.33. The van der Waals surface area contributed by atoms with Gasteiger partial charge >= 0.3 is 0 Å². The van der Waals surface area contributed by atoms with Crippen molar-refractivity contribution in [3.63, 3.8) is 0 Å². The number of hydrogen-bond acceptors (Lipinski definition) is 1. The molecule has 0 saturated carbocycles. The van der Waals surface area contributed by atoms with Gasteiger partial charge in [-0.3, -0.25) is 0 Å². The molecule has 2 aromatic rings. The second kappa shape index (κ2) is 5.15. The lowest BCUT2D eigenvalue weighted by atomic mass is 9.71. The van der Waals surface area contributed by atoms with Crippen molar-refractivity contribution in [3.8, 4) is 0 Å². The van der Waals surface area contributed by atoms with E-state index in [0.717, 1.165) is 24.2 Å². The summed E-state index contributed by atoms with van der Waals surface area (Å²) in [5, 5.41) is 3.35. The Kier molecular flexibility index (Phi) is 3.48. The van der Waals surface area contributed by atoms with E-state index in [1.54, 1.807) is 18.2 Å². The van der Waals surface area contributed by atoms with Crippen LogP contribution in [0.2, 0.25) is 5.02 Å². The van der Waals surface area contributed by atoms with Crippen LogP contribution >= 0.6 is 11.6 Å². The molecular formula is C16H14ClF2N. The Labute approximate surface area is 121 Å². The van der Waals surface area contributed by atoms with Crippen molar-refractivity contribution in [3.05, 3.63) is 70.2 Å². The highest BCUT2D eigenvalue weighted by molar-refractivity contribution is 6.30. The Morgan fingerprint density at radius 2 is 1.90 bits per heavy atom. The highest BCUT2D eigenvalue weighted by atomic mass is 35.5.